The van der Waals surface area contributed by atoms with Gasteiger partial charge in [-0.3, -0.25) is 0 Å². The molecule has 0 amide bonds. The number of carboxylic acid groups (broad SMARTS) is 2. The lowest BCUT2D eigenvalue weighted by molar-refractivity contribution is -0.133. The van der Waals surface area contributed by atoms with Crippen LogP contribution < -0.4 is 10.1 Å². The second-order valence-corrected chi connectivity index (χ2v) is 6.70. The third kappa shape index (κ3) is 4.13. The van der Waals surface area contributed by atoms with Crippen molar-refractivity contribution >= 4 is 11.9 Å². The van der Waals surface area contributed by atoms with Crippen LogP contribution in [0.4, 0.5) is 4.39 Å². The van der Waals surface area contributed by atoms with E-state index < -0.39 is 17.9 Å². The maximum absolute atomic E-state index is 13.1. The van der Waals surface area contributed by atoms with Crippen molar-refractivity contribution in [3.8, 4) is 5.75 Å². The summed E-state index contributed by atoms with van der Waals surface area (Å²) < 4.78 is 19.0. The largest absolute Gasteiger partial charge is 0.489 e. The number of ether oxygens (including phenoxy) is 1. The summed E-state index contributed by atoms with van der Waals surface area (Å²) in [6.07, 6.45) is 0. The Labute approximate surface area is 166 Å². The van der Waals surface area contributed by atoms with E-state index in [4.69, 9.17) is 4.74 Å². The maximum Gasteiger partial charge on any atom is 0.334 e. The van der Waals surface area contributed by atoms with Crippen molar-refractivity contribution in [3.63, 3.8) is 0 Å². The molecule has 1 aliphatic heterocycles. The highest BCUT2D eigenvalue weighted by molar-refractivity contribution is 5.98. The Morgan fingerprint density at radius 3 is 2.07 bits per heavy atom. The molecule has 3 rings (SSSR count). The third-order valence-electron chi connectivity index (χ3n) is 4.76. The number of para-hydroxylation sites is 1. The maximum atomic E-state index is 13.1. The van der Waals surface area contributed by atoms with Gasteiger partial charge in [0, 0.05) is 17.0 Å². The van der Waals surface area contributed by atoms with Crippen LogP contribution in [0.3, 0.4) is 0 Å². The number of allylic oxidation sites excluding steroid dienone is 2. The lowest BCUT2D eigenvalue weighted by Gasteiger charge is -2.29. The van der Waals surface area contributed by atoms with E-state index >= 15 is 0 Å². The molecule has 150 valence electrons. The van der Waals surface area contributed by atoms with Gasteiger partial charge >= 0.3 is 11.9 Å². The predicted molar refractivity (Wildman–Crippen MR) is 104 cm³/mol. The number of hydrogen-bond donors (Lipinski definition) is 3. The van der Waals surface area contributed by atoms with Gasteiger partial charge in [0.15, 0.2) is 0 Å². The molecule has 6 nitrogen and oxygen atoms in total. The average molecular weight is 397 g/mol. The van der Waals surface area contributed by atoms with Gasteiger partial charge in [-0.2, -0.15) is 0 Å². The first kappa shape index (κ1) is 20.1. The van der Waals surface area contributed by atoms with Crippen molar-refractivity contribution in [3.05, 3.63) is 88.0 Å². The van der Waals surface area contributed by atoms with Crippen molar-refractivity contribution in [2.24, 2.45) is 0 Å². The van der Waals surface area contributed by atoms with Crippen molar-refractivity contribution in [2.45, 2.75) is 26.4 Å². The van der Waals surface area contributed by atoms with Gasteiger partial charge in [0.25, 0.3) is 0 Å². The van der Waals surface area contributed by atoms with E-state index in [1.807, 2.05) is 0 Å². The minimum absolute atomic E-state index is 0.0502. The Morgan fingerprint density at radius 1 is 0.966 bits per heavy atom. The molecule has 0 spiro atoms. The molecule has 2 aromatic rings. The number of carboxylic acids is 2. The fourth-order valence-corrected chi connectivity index (χ4v) is 3.46. The van der Waals surface area contributed by atoms with Crippen molar-refractivity contribution in [1.82, 2.24) is 5.32 Å². The van der Waals surface area contributed by atoms with Gasteiger partial charge < -0.3 is 20.3 Å². The molecule has 0 atom stereocenters. The van der Waals surface area contributed by atoms with Crippen molar-refractivity contribution in [2.75, 3.05) is 0 Å². The van der Waals surface area contributed by atoms with Crippen LogP contribution >= 0.6 is 0 Å². The van der Waals surface area contributed by atoms with Gasteiger partial charge in [-0.1, -0.05) is 30.3 Å². The molecule has 1 aliphatic rings. The van der Waals surface area contributed by atoms with Crippen LogP contribution in [0.15, 0.2) is 71.1 Å². The molecular formula is C22H20FNO5. The van der Waals surface area contributed by atoms with Gasteiger partial charge in [0.2, 0.25) is 0 Å². The highest BCUT2D eigenvalue weighted by Crippen LogP contribution is 2.42. The average Bonchev–Trinajstić information content (AvgIpc) is 2.66. The minimum atomic E-state index is -1.21. The summed E-state index contributed by atoms with van der Waals surface area (Å²) in [6, 6.07) is 12.5. The fraction of sp³-hybridized carbons (Fsp3) is 0.182. The second kappa shape index (κ2) is 8.18. The second-order valence-electron chi connectivity index (χ2n) is 6.70. The molecule has 0 fully saturated rings. The van der Waals surface area contributed by atoms with Crippen LogP contribution in [0.1, 0.15) is 30.9 Å². The fourth-order valence-electron chi connectivity index (χ4n) is 3.46. The molecule has 0 saturated carbocycles. The molecule has 2 aromatic carbocycles. The standard InChI is InChI=1S/C22H20FNO5/c1-12-18(21(25)26)20(19(22(27)28)13(2)24-12)16-5-3-4-6-17(16)29-11-14-7-9-15(23)10-8-14/h3-10,20,24H,11H2,1-2H3,(H,25,26)(H,27,28). The van der Waals surface area contributed by atoms with Crippen LogP contribution in [-0.2, 0) is 16.2 Å². The zero-order chi connectivity index (χ0) is 21.1. The summed E-state index contributed by atoms with van der Waals surface area (Å²) >= 11 is 0. The van der Waals surface area contributed by atoms with E-state index in [9.17, 15) is 24.2 Å². The molecule has 0 saturated heterocycles. The first-order valence-electron chi connectivity index (χ1n) is 8.91. The van der Waals surface area contributed by atoms with Crippen LogP contribution in [0.25, 0.3) is 0 Å². The lowest BCUT2D eigenvalue weighted by Crippen LogP contribution is -2.31. The van der Waals surface area contributed by atoms with Crippen molar-refractivity contribution < 1.29 is 28.9 Å². The number of benzene rings is 2. The summed E-state index contributed by atoms with van der Waals surface area (Å²) in [6.45, 7) is 3.32. The SMILES string of the molecule is CC1=C(C(=O)O)C(c2ccccc2OCc2ccc(F)cc2)C(C(=O)O)=C(C)N1. The van der Waals surface area contributed by atoms with E-state index in [2.05, 4.69) is 5.32 Å². The van der Waals surface area contributed by atoms with E-state index in [0.717, 1.165) is 5.56 Å². The zero-order valence-electron chi connectivity index (χ0n) is 15.9. The molecule has 0 aliphatic carbocycles. The third-order valence-corrected chi connectivity index (χ3v) is 4.76. The van der Waals surface area contributed by atoms with Gasteiger partial charge in [-0.05, 0) is 37.6 Å². The molecule has 7 heteroatoms. The van der Waals surface area contributed by atoms with Gasteiger partial charge in [0.05, 0.1) is 17.1 Å². The number of carbonyl (C=O) groups is 2. The Morgan fingerprint density at radius 2 is 1.52 bits per heavy atom. The summed E-state index contributed by atoms with van der Waals surface area (Å²) in [7, 11) is 0. The van der Waals surface area contributed by atoms with E-state index in [-0.39, 0.29) is 23.6 Å². The molecule has 0 aromatic heterocycles. The highest BCUT2D eigenvalue weighted by Gasteiger charge is 2.37. The molecule has 3 N–H and O–H groups in total. The number of aliphatic carboxylic acids is 2. The molecule has 1 heterocycles. The lowest BCUT2D eigenvalue weighted by atomic mass is 9.80. The van der Waals surface area contributed by atoms with Crippen LogP contribution in [-0.4, -0.2) is 22.2 Å². The predicted octanol–water partition coefficient (Wildman–Crippen LogP) is 3.81. The smallest absolute Gasteiger partial charge is 0.334 e. The monoisotopic (exact) mass is 397 g/mol. The zero-order valence-corrected chi connectivity index (χ0v) is 15.9. The number of nitrogens with one attached hydrogen (secondary N) is 1. The first-order valence-corrected chi connectivity index (χ1v) is 8.91. The number of dihydropyridines is 1. The molecule has 0 bridgehead atoms. The van der Waals surface area contributed by atoms with E-state index in [1.54, 1.807) is 50.2 Å². The van der Waals surface area contributed by atoms with Crippen molar-refractivity contribution in [1.29, 1.82) is 0 Å². The van der Waals surface area contributed by atoms with E-state index in [0.29, 0.717) is 22.7 Å². The van der Waals surface area contributed by atoms with Crippen LogP contribution in [0, 0.1) is 5.82 Å². The van der Waals surface area contributed by atoms with Crippen LogP contribution in [0.5, 0.6) is 5.75 Å². The Bertz CT molecular complexity index is 988. The number of halogens is 1. The Balaban J connectivity index is 2.05. The number of hydrogen-bond acceptors (Lipinski definition) is 4. The van der Waals surface area contributed by atoms with E-state index in [1.165, 1.54) is 12.1 Å². The van der Waals surface area contributed by atoms with Gasteiger partial charge in [-0.15, -0.1) is 0 Å². The summed E-state index contributed by atoms with van der Waals surface area (Å²) in [4.78, 5) is 23.9. The molecular weight excluding hydrogens is 377 g/mol. The van der Waals surface area contributed by atoms with Crippen LogP contribution in [0.2, 0.25) is 0 Å². The molecule has 0 radical (unpaired) electrons. The summed E-state index contributed by atoms with van der Waals surface area (Å²) in [5, 5.41) is 22.4. The van der Waals surface area contributed by atoms with Gasteiger partial charge in [0.1, 0.15) is 18.2 Å². The highest BCUT2D eigenvalue weighted by atomic mass is 19.1. The topological polar surface area (TPSA) is 95.9 Å². The Hall–Kier alpha value is -3.61. The van der Waals surface area contributed by atoms with Gasteiger partial charge in [-0.25, -0.2) is 14.0 Å². The molecule has 0 unspecified atom stereocenters. The Kier molecular flexibility index (Phi) is 5.68. The summed E-state index contributed by atoms with van der Waals surface area (Å²) in [5.74, 6) is -3.42. The quantitative estimate of drug-likeness (QED) is 0.686. The first-order chi connectivity index (χ1) is 13.8. The normalized spacial score (nSPS) is 14.6. The minimum Gasteiger partial charge on any atom is -0.489 e. The summed E-state index contributed by atoms with van der Waals surface area (Å²) in [5.41, 5.74) is 1.81. The molecule has 29 heavy (non-hydrogen) atoms. The number of rotatable bonds is 6.